The number of hydrogen-bond donors (Lipinski definition) is 1. The summed E-state index contributed by atoms with van der Waals surface area (Å²) in [6.07, 6.45) is 0.827. The quantitative estimate of drug-likeness (QED) is 0.843. The molecule has 0 bridgehead atoms. The molecule has 1 aromatic rings. The molecular formula is C15H18N2O3. The molecule has 1 aromatic carbocycles. The summed E-state index contributed by atoms with van der Waals surface area (Å²) in [6, 6.07) is 3.64. The predicted molar refractivity (Wildman–Crippen MR) is 75.9 cm³/mol. The number of nitrogens with one attached hydrogen (secondary N) is 1. The van der Waals surface area contributed by atoms with Crippen LogP contribution >= 0.6 is 0 Å². The summed E-state index contributed by atoms with van der Waals surface area (Å²) in [5.74, 6) is -1.40. The Hall–Kier alpha value is -2.17. The fraction of sp³-hybridized carbons (Fsp3) is 0.400. The Balaban J connectivity index is 2.31. The lowest BCUT2D eigenvalue weighted by atomic mass is 10.0. The number of Topliss-reactive ketones (excluding diaryl/α,β-unsaturated/α-hetero) is 1. The van der Waals surface area contributed by atoms with E-state index in [9.17, 15) is 14.4 Å². The van der Waals surface area contributed by atoms with Gasteiger partial charge in [-0.15, -0.1) is 0 Å². The van der Waals surface area contributed by atoms with Gasteiger partial charge in [-0.3, -0.25) is 19.3 Å². The third-order valence-corrected chi connectivity index (χ3v) is 3.29. The zero-order chi connectivity index (χ0) is 14.9. The SMILES string of the molecule is CCCNC(=O)CN1C(=O)C(=O)c2c(C)cc(C)cc21. The van der Waals surface area contributed by atoms with Gasteiger partial charge in [0, 0.05) is 6.54 Å². The molecule has 20 heavy (non-hydrogen) atoms. The molecule has 1 N–H and O–H groups in total. The number of amides is 2. The second kappa shape index (κ2) is 5.45. The van der Waals surface area contributed by atoms with Gasteiger partial charge in [-0.1, -0.05) is 13.0 Å². The molecule has 0 saturated heterocycles. The Morgan fingerprint density at radius 3 is 2.60 bits per heavy atom. The van der Waals surface area contributed by atoms with Crippen molar-refractivity contribution < 1.29 is 14.4 Å². The average Bonchev–Trinajstić information content (AvgIpc) is 2.61. The summed E-state index contributed by atoms with van der Waals surface area (Å²) in [5, 5.41) is 2.71. The maximum atomic E-state index is 12.0. The highest BCUT2D eigenvalue weighted by molar-refractivity contribution is 6.53. The highest BCUT2D eigenvalue weighted by Gasteiger charge is 2.37. The van der Waals surface area contributed by atoms with Crippen LogP contribution in [-0.4, -0.2) is 30.7 Å². The highest BCUT2D eigenvalue weighted by Crippen LogP contribution is 2.32. The molecule has 2 amide bonds. The Morgan fingerprint density at radius 1 is 1.25 bits per heavy atom. The van der Waals surface area contributed by atoms with Crippen LogP contribution in [0.15, 0.2) is 12.1 Å². The predicted octanol–water partition coefficient (Wildman–Crippen LogP) is 1.36. The number of rotatable bonds is 4. The molecule has 1 aliphatic heterocycles. The first-order chi connectivity index (χ1) is 9.45. The van der Waals surface area contributed by atoms with E-state index in [1.807, 2.05) is 19.9 Å². The van der Waals surface area contributed by atoms with Gasteiger partial charge in [0.2, 0.25) is 5.91 Å². The molecule has 106 valence electrons. The third kappa shape index (κ3) is 2.43. The van der Waals surface area contributed by atoms with Crippen LogP contribution < -0.4 is 10.2 Å². The van der Waals surface area contributed by atoms with Gasteiger partial charge in [-0.05, 0) is 37.5 Å². The van der Waals surface area contributed by atoms with Crippen LogP contribution in [0.5, 0.6) is 0 Å². The Kier molecular flexibility index (Phi) is 3.88. The third-order valence-electron chi connectivity index (χ3n) is 3.29. The molecule has 0 spiro atoms. The molecule has 0 atom stereocenters. The first-order valence-corrected chi connectivity index (χ1v) is 6.69. The van der Waals surface area contributed by atoms with E-state index >= 15 is 0 Å². The summed E-state index contributed by atoms with van der Waals surface area (Å²) in [4.78, 5) is 37.1. The second-order valence-electron chi connectivity index (χ2n) is 5.05. The summed E-state index contributed by atoms with van der Waals surface area (Å²) in [7, 11) is 0. The van der Waals surface area contributed by atoms with Crippen molar-refractivity contribution in [3.8, 4) is 0 Å². The maximum Gasteiger partial charge on any atom is 0.299 e. The average molecular weight is 274 g/mol. The van der Waals surface area contributed by atoms with Gasteiger partial charge in [0.1, 0.15) is 6.54 Å². The maximum absolute atomic E-state index is 12.0. The number of carbonyl (C=O) groups is 3. The number of ketones is 1. The van der Waals surface area contributed by atoms with E-state index in [1.165, 1.54) is 4.90 Å². The summed E-state index contributed by atoms with van der Waals surface area (Å²) < 4.78 is 0. The van der Waals surface area contributed by atoms with E-state index in [-0.39, 0.29) is 12.5 Å². The van der Waals surface area contributed by atoms with Crippen molar-refractivity contribution in [1.82, 2.24) is 5.32 Å². The molecular weight excluding hydrogens is 256 g/mol. The number of anilines is 1. The van der Waals surface area contributed by atoms with Crippen LogP contribution in [0.1, 0.15) is 34.8 Å². The number of aryl methyl sites for hydroxylation is 2. The minimum absolute atomic E-state index is 0.111. The van der Waals surface area contributed by atoms with Crippen molar-refractivity contribution in [2.45, 2.75) is 27.2 Å². The topological polar surface area (TPSA) is 66.5 Å². The molecule has 1 aliphatic rings. The monoisotopic (exact) mass is 274 g/mol. The minimum atomic E-state index is -0.625. The first-order valence-electron chi connectivity index (χ1n) is 6.69. The van der Waals surface area contributed by atoms with Crippen molar-refractivity contribution >= 4 is 23.3 Å². The molecule has 5 heteroatoms. The van der Waals surface area contributed by atoms with E-state index in [0.29, 0.717) is 17.8 Å². The zero-order valence-electron chi connectivity index (χ0n) is 11.9. The molecule has 0 fully saturated rings. The number of fused-ring (bicyclic) bond motifs is 1. The minimum Gasteiger partial charge on any atom is -0.355 e. The first kappa shape index (κ1) is 14.2. The van der Waals surface area contributed by atoms with Crippen LogP contribution in [0, 0.1) is 13.8 Å². The molecule has 0 aromatic heterocycles. The lowest BCUT2D eigenvalue weighted by Gasteiger charge is -2.16. The lowest BCUT2D eigenvalue weighted by molar-refractivity contribution is -0.122. The van der Waals surface area contributed by atoms with Gasteiger partial charge < -0.3 is 5.32 Å². The normalized spacial score (nSPS) is 13.7. The van der Waals surface area contributed by atoms with Crippen molar-refractivity contribution in [3.05, 3.63) is 28.8 Å². The van der Waals surface area contributed by atoms with Crippen molar-refractivity contribution in [2.24, 2.45) is 0 Å². The van der Waals surface area contributed by atoms with E-state index in [0.717, 1.165) is 17.5 Å². The molecule has 0 unspecified atom stereocenters. The van der Waals surface area contributed by atoms with Gasteiger partial charge in [-0.2, -0.15) is 0 Å². The molecule has 1 heterocycles. The summed E-state index contributed by atoms with van der Waals surface area (Å²) in [6.45, 7) is 6.11. The second-order valence-corrected chi connectivity index (χ2v) is 5.05. The van der Waals surface area contributed by atoms with Crippen LogP contribution in [0.2, 0.25) is 0 Å². The van der Waals surface area contributed by atoms with Gasteiger partial charge in [-0.25, -0.2) is 0 Å². The van der Waals surface area contributed by atoms with Crippen molar-refractivity contribution in [1.29, 1.82) is 0 Å². The van der Waals surface area contributed by atoms with Gasteiger partial charge in [0.15, 0.2) is 0 Å². The number of benzene rings is 1. The van der Waals surface area contributed by atoms with E-state index in [2.05, 4.69) is 5.32 Å². The molecule has 0 saturated carbocycles. The summed E-state index contributed by atoms with van der Waals surface area (Å²) in [5.41, 5.74) is 2.70. The van der Waals surface area contributed by atoms with Gasteiger partial charge in [0.25, 0.3) is 11.7 Å². The van der Waals surface area contributed by atoms with E-state index in [1.54, 1.807) is 13.0 Å². The smallest absolute Gasteiger partial charge is 0.299 e. The zero-order valence-corrected chi connectivity index (χ0v) is 11.9. The Bertz CT molecular complexity index is 593. The number of carbonyl (C=O) groups excluding carboxylic acids is 3. The van der Waals surface area contributed by atoms with Crippen LogP contribution in [0.25, 0.3) is 0 Å². The fourth-order valence-electron chi connectivity index (χ4n) is 2.41. The highest BCUT2D eigenvalue weighted by atomic mass is 16.2. The number of nitrogens with zero attached hydrogens (tertiary/aromatic N) is 1. The molecule has 2 rings (SSSR count). The lowest BCUT2D eigenvalue weighted by Crippen LogP contribution is -2.40. The van der Waals surface area contributed by atoms with Crippen LogP contribution in [0.4, 0.5) is 5.69 Å². The fourth-order valence-corrected chi connectivity index (χ4v) is 2.41. The standard InChI is InChI=1S/C15H18N2O3/c1-4-5-16-12(18)8-17-11-7-9(2)6-10(3)13(11)14(19)15(17)20/h6-7H,4-5,8H2,1-3H3,(H,16,18). The largest absolute Gasteiger partial charge is 0.355 e. The van der Waals surface area contributed by atoms with Crippen molar-refractivity contribution in [2.75, 3.05) is 18.0 Å². The molecule has 0 radical (unpaired) electrons. The van der Waals surface area contributed by atoms with Crippen molar-refractivity contribution in [3.63, 3.8) is 0 Å². The van der Waals surface area contributed by atoms with Crippen LogP contribution in [0.3, 0.4) is 0 Å². The van der Waals surface area contributed by atoms with Gasteiger partial charge in [0.05, 0.1) is 11.3 Å². The molecule has 0 aliphatic carbocycles. The van der Waals surface area contributed by atoms with Gasteiger partial charge >= 0.3 is 0 Å². The molecule has 5 nitrogen and oxygen atoms in total. The van der Waals surface area contributed by atoms with E-state index in [4.69, 9.17) is 0 Å². The summed E-state index contributed by atoms with van der Waals surface area (Å²) >= 11 is 0. The number of hydrogen-bond acceptors (Lipinski definition) is 3. The Labute approximate surface area is 118 Å². The van der Waals surface area contributed by atoms with Crippen LogP contribution in [-0.2, 0) is 9.59 Å². The van der Waals surface area contributed by atoms with E-state index < -0.39 is 11.7 Å². The Morgan fingerprint density at radius 2 is 1.95 bits per heavy atom.